The highest BCUT2D eigenvalue weighted by Gasteiger charge is 2.23. The Bertz CT molecular complexity index is 484. The molecule has 0 atom stereocenters. The van der Waals surface area contributed by atoms with Gasteiger partial charge in [0.25, 0.3) is 0 Å². The predicted molar refractivity (Wildman–Crippen MR) is 82.7 cm³/mol. The van der Waals surface area contributed by atoms with E-state index in [0.717, 1.165) is 42.5 Å². The van der Waals surface area contributed by atoms with Gasteiger partial charge in [0.2, 0.25) is 0 Å². The quantitative estimate of drug-likeness (QED) is 0.878. The lowest BCUT2D eigenvalue weighted by Gasteiger charge is -2.36. The van der Waals surface area contributed by atoms with Crippen molar-refractivity contribution < 1.29 is 14.3 Å². The molecule has 1 N–H and O–H groups in total. The maximum atomic E-state index is 13.4. The van der Waals surface area contributed by atoms with Crippen molar-refractivity contribution in [3.8, 4) is 0 Å². The van der Waals surface area contributed by atoms with E-state index in [1.165, 1.54) is 6.07 Å². The highest BCUT2D eigenvalue weighted by Crippen LogP contribution is 2.20. The van der Waals surface area contributed by atoms with Crippen LogP contribution in [0.25, 0.3) is 0 Å². The van der Waals surface area contributed by atoms with Crippen molar-refractivity contribution in [1.29, 1.82) is 0 Å². The third-order valence-corrected chi connectivity index (χ3v) is 4.35. The van der Waals surface area contributed by atoms with Gasteiger partial charge in [-0.05, 0) is 56.7 Å². The van der Waals surface area contributed by atoms with E-state index in [4.69, 9.17) is 5.11 Å². The highest BCUT2D eigenvalue weighted by atomic mass is 79.9. The van der Waals surface area contributed by atoms with Gasteiger partial charge in [0, 0.05) is 17.1 Å². The lowest BCUT2D eigenvalue weighted by molar-refractivity contribution is -0.138. The summed E-state index contributed by atoms with van der Waals surface area (Å²) in [6, 6.07) is 5.27. The van der Waals surface area contributed by atoms with Crippen molar-refractivity contribution in [3.05, 3.63) is 34.1 Å². The SMILES string of the molecule is CN(CC(=O)O)C1CCN(Cc2cc(F)cc(Br)c2)CC1. The number of aliphatic carboxylic acids is 1. The molecule has 0 aromatic heterocycles. The summed E-state index contributed by atoms with van der Waals surface area (Å²) in [6.07, 6.45) is 1.89. The summed E-state index contributed by atoms with van der Waals surface area (Å²) >= 11 is 3.31. The average molecular weight is 359 g/mol. The molecule has 4 nitrogen and oxygen atoms in total. The van der Waals surface area contributed by atoms with Gasteiger partial charge in [-0.15, -0.1) is 0 Å². The summed E-state index contributed by atoms with van der Waals surface area (Å²) < 4.78 is 14.1. The zero-order chi connectivity index (χ0) is 15.4. The third kappa shape index (κ3) is 5.05. The lowest BCUT2D eigenvalue weighted by Crippen LogP contribution is -2.44. The van der Waals surface area contributed by atoms with Gasteiger partial charge in [-0.25, -0.2) is 4.39 Å². The molecule has 1 heterocycles. The average Bonchev–Trinajstić information content (AvgIpc) is 2.37. The first-order valence-electron chi connectivity index (χ1n) is 7.03. The molecule has 0 radical (unpaired) electrons. The van der Waals surface area contributed by atoms with Crippen molar-refractivity contribution in [1.82, 2.24) is 9.80 Å². The Kier molecular flexibility index (Phi) is 5.72. The largest absolute Gasteiger partial charge is 0.480 e. The Morgan fingerprint density at radius 1 is 1.43 bits per heavy atom. The van der Waals surface area contributed by atoms with Crippen LogP contribution < -0.4 is 0 Å². The number of nitrogens with zero attached hydrogens (tertiary/aromatic N) is 2. The maximum absolute atomic E-state index is 13.4. The normalized spacial score (nSPS) is 17.3. The molecule has 1 saturated heterocycles. The van der Waals surface area contributed by atoms with Crippen LogP contribution in [0.1, 0.15) is 18.4 Å². The Balaban J connectivity index is 1.85. The van der Waals surface area contributed by atoms with E-state index in [0.29, 0.717) is 6.04 Å². The minimum Gasteiger partial charge on any atom is -0.480 e. The molecule has 2 rings (SSSR count). The molecular weight excluding hydrogens is 339 g/mol. The van der Waals surface area contributed by atoms with E-state index in [-0.39, 0.29) is 12.4 Å². The van der Waals surface area contributed by atoms with E-state index in [1.807, 2.05) is 18.0 Å². The van der Waals surface area contributed by atoms with Crippen LogP contribution in [0.15, 0.2) is 22.7 Å². The molecule has 0 saturated carbocycles. The van der Waals surface area contributed by atoms with Gasteiger partial charge >= 0.3 is 5.97 Å². The first kappa shape index (κ1) is 16.4. The summed E-state index contributed by atoms with van der Waals surface area (Å²) in [4.78, 5) is 14.9. The number of carboxylic acid groups (broad SMARTS) is 1. The van der Waals surface area contributed by atoms with Crippen LogP contribution in [0.3, 0.4) is 0 Å². The van der Waals surface area contributed by atoms with Gasteiger partial charge in [-0.1, -0.05) is 15.9 Å². The Labute approximate surface area is 132 Å². The molecule has 1 aliphatic rings. The number of carbonyl (C=O) groups is 1. The first-order chi connectivity index (χ1) is 9.94. The van der Waals surface area contributed by atoms with Gasteiger partial charge in [-0.2, -0.15) is 0 Å². The van der Waals surface area contributed by atoms with Gasteiger partial charge in [-0.3, -0.25) is 14.6 Å². The van der Waals surface area contributed by atoms with Crippen molar-refractivity contribution in [2.75, 3.05) is 26.7 Å². The Morgan fingerprint density at radius 3 is 2.67 bits per heavy atom. The Hall–Kier alpha value is -0.980. The zero-order valence-electron chi connectivity index (χ0n) is 12.1. The van der Waals surface area contributed by atoms with Crippen LogP contribution in [-0.4, -0.2) is 53.6 Å². The highest BCUT2D eigenvalue weighted by molar-refractivity contribution is 9.10. The number of benzene rings is 1. The van der Waals surface area contributed by atoms with Crippen LogP contribution in [0.5, 0.6) is 0 Å². The molecule has 0 spiro atoms. The van der Waals surface area contributed by atoms with Crippen molar-refractivity contribution in [3.63, 3.8) is 0 Å². The van der Waals surface area contributed by atoms with Crippen LogP contribution in [0.4, 0.5) is 4.39 Å². The van der Waals surface area contributed by atoms with Crippen molar-refractivity contribution in [2.45, 2.75) is 25.4 Å². The predicted octanol–water partition coefficient (Wildman–Crippen LogP) is 2.57. The molecule has 0 amide bonds. The molecular formula is C15H20BrFN2O2. The van der Waals surface area contributed by atoms with Gasteiger partial charge < -0.3 is 5.11 Å². The second-order valence-electron chi connectivity index (χ2n) is 5.59. The number of halogens is 2. The van der Waals surface area contributed by atoms with Crippen molar-refractivity contribution >= 4 is 21.9 Å². The molecule has 0 aliphatic carbocycles. The second kappa shape index (κ2) is 7.33. The zero-order valence-corrected chi connectivity index (χ0v) is 13.6. The minimum absolute atomic E-state index is 0.0848. The minimum atomic E-state index is -0.787. The molecule has 1 aliphatic heterocycles. The molecule has 6 heteroatoms. The maximum Gasteiger partial charge on any atom is 0.317 e. The molecule has 0 unspecified atom stereocenters. The van der Waals surface area contributed by atoms with Crippen LogP contribution >= 0.6 is 15.9 Å². The molecule has 0 bridgehead atoms. The van der Waals surface area contributed by atoms with E-state index >= 15 is 0 Å². The fourth-order valence-electron chi connectivity index (χ4n) is 2.82. The molecule has 1 aromatic carbocycles. The smallest absolute Gasteiger partial charge is 0.317 e. The fourth-order valence-corrected chi connectivity index (χ4v) is 3.33. The first-order valence-corrected chi connectivity index (χ1v) is 7.82. The number of hydrogen-bond acceptors (Lipinski definition) is 3. The summed E-state index contributed by atoms with van der Waals surface area (Å²) in [5.74, 6) is -1.01. The monoisotopic (exact) mass is 358 g/mol. The van der Waals surface area contributed by atoms with Gasteiger partial charge in [0.15, 0.2) is 0 Å². The number of hydrogen-bond donors (Lipinski definition) is 1. The van der Waals surface area contributed by atoms with Crippen molar-refractivity contribution in [2.24, 2.45) is 0 Å². The summed E-state index contributed by atoms with van der Waals surface area (Å²) in [5.41, 5.74) is 0.958. The third-order valence-electron chi connectivity index (χ3n) is 3.89. The molecule has 1 fully saturated rings. The van der Waals surface area contributed by atoms with Crippen LogP contribution in [0, 0.1) is 5.82 Å². The standard InChI is InChI=1S/C15H20BrFN2O2/c1-18(10-15(20)21)14-2-4-19(5-3-14)9-11-6-12(16)8-13(17)7-11/h6-8,14H,2-5,9-10H2,1H3,(H,20,21). The number of likely N-dealkylation sites (N-methyl/N-ethyl adjacent to an activating group) is 1. The number of piperidine rings is 1. The fraction of sp³-hybridized carbons (Fsp3) is 0.533. The molecule has 116 valence electrons. The topological polar surface area (TPSA) is 43.8 Å². The molecule has 1 aromatic rings. The summed E-state index contributed by atoms with van der Waals surface area (Å²) in [7, 11) is 1.86. The van der Waals surface area contributed by atoms with E-state index in [2.05, 4.69) is 20.8 Å². The number of carboxylic acids is 1. The Morgan fingerprint density at radius 2 is 2.10 bits per heavy atom. The summed E-state index contributed by atoms with van der Waals surface area (Å²) in [5, 5.41) is 8.82. The lowest BCUT2D eigenvalue weighted by atomic mass is 10.0. The van der Waals surface area contributed by atoms with E-state index in [1.54, 1.807) is 6.07 Å². The van der Waals surface area contributed by atoms with Gasteiger partial charge in [0.1, 0.15) is 5.82 Å². The van der Waals surface area contributed by atoms with E-state index in [9.17, 15) is 9.18 Å². The number of rotatable bonds is 5. The summed E-state index contributed by atoms with van der Waals surface area (Å²) in [6.45, 7) is 2.62. The van der Waals surface area contributed by atoms with E-state index < -0.39 is 5.97 Å². The molecule has 21 heavy (non-hydrogen) atoms. The number of likely N-dealkylation sites (tertiary alicyclic amines) is 1. The van der Waals surface area contributed by atoms with Gasteiger partial charge in [0.05, 0.1) is 6.54 Å². The van der Waals surface area contributed by atoms with Crippen LogP contribution in [0.2, 0.25) is 0 Å². The second-order valence-corrected chi connectivity index (χ2v) is 6.51. The van der Waals surface area contributed by atoms with Crippen LogP contribution in [-0.2, 0) is 11.3 Å².